The maximum Gasteiger partial charge on any atom is 0.140 e. The van der Waals surface area contributed by atoms with Crippen molar-refractivity contribution in [2.75, 3.05) is 5.73 Å². The zero-order chi connectivity index (χ0) is 10.2. The average molecular weight is 186 g/mol. The third kappa shape index (κ3) is 3.41. The molecule has 0 fully saturated rings. The molecular weight excluding hydrogens is 176 g/mol. The molecule has 4 heteroatoms. The van der Waals surface area contributed by atoms with E-state index in [9.17, 15) is 0 Å². The first-order chi connectivity index (χ1) is 6.83. The van der Waals surface area contributed by atoms with E-state index in [0.717, 1.165) is 5.82 Å². The second kappa shape index (κ2) is 5.38. The van der Waals surface area contributed by atoms with Gasteiger partial charge in [-0.25, -0.2) is 4.98 Å². The summed E-state index contributed by atoms with van der Waals surface area (Å²) in [6.45, 7) is 0. The SMILES string of the molecule is N#Cc1ccccn1.Nc1ccc[nH]1. The Labute approximate surface area is 82.0 Å². The van der Waals surface area contributed by atoms with Gasteiger partial charge in [-0.05, 0) is 24.3 Å². The van der Waals surface area contributed by atoms with E-state index in [1.165, 1.54) is 0 Å². The number of H-pyrrole nitrogens is 1. The van der Waals surface area contributed by atoms with Gasteiger partial charge in [-0.3, -0.25) is 0 Å². The van der Waals surface area contributed by atoms with Crippen LogP contribution in [0.5, 0.6) is 0 Å². The molecule has 4 nitrogen and oxygen atoms in total. The van der Waals surface area contributed by atoms with Gasteiger partial charge in [0.1, 0.15) is 17.6 Å². The standard InChI is InChI=1S/C6H4N2.C4H6N2/c7-5-6-3-1-2-4-8-6;5-4-2-1-3-6-4/h1-4H;1-3,6H,5H2. The van der Waals surface area contributed by atoms with Gasteiger partial charge in [-0.15, -0.1) is 0 Å². The maximum atomic E-state index is 8.23. The Morgan fingerprint density at radius 2 is 2.14 bits per heavy atom. The van der Waals surface area contributed by atoms with Crippen LogP contribution >= 0.6 is 0 Å². The van der Waals surface area contributed by atoms with Gasteiger partial charge < -0.3 is 10.7 Å². The minimum Gasteiger partial charge on any atom is -0.385 e. The van der Waals surface area contributed by atoms with Crippen molar-refractivity contribution in [3.05, 3.63) is 48.4 Å². The molecule has 0 aliphatic carbocycles. The van der Waals surface area contributed by atoms with Gasteiger partial charge in [0.25, 0.3) is 0 Å². The zero-order valence-electron chi connectivity index (χ0n) is 7.51. The number of aromatic amines is 1. The van der Waals surface area contributed by atoms with Gasteiger partial charge in [-0.1, -0.05) is 6.07 Å². The third-order valence-electron chi connectivity index (χ3n) is 1.40. The van der Waals surface area contributed by atoms with Crippen LogP contribution in [0.4, 0.5) is 5.82 Å². The Hall–Kier alpha value is -2.28. The van der Waals surface area contributed by atoms with Crippen molar-refractivity contribution in [2.45, 2.75) is 0 Å². The van der Waals surface area contributed by atoms with Gasteiger partial charge in [0.2, 0.25) is 0 Å². The Bertz CT molecular complexity index is 386. The van der Waals surface area contributed by atoms with Crippen LogP contribution in [0.25, 0.3) is 0 Å². The molecule has 2 aromatic rings. The molecule has 0 saturated heterocycles. The van der Waals surface area contributed by atoms with Gasteiger partial charge in [-0.2, -0.15) is 5.26 Å². The van der Waals surface area contributed by atoms with Crippen molar-refractivity contribution in [1.82, 2.24) is 9.97 Å². The molecule has 0 aromatic carbocycles. The van der Waals surface area contributed by atoms with Crippen LogP contribution in [-0.2, 0) is 0 Å². The summed E-state index contributed by atoms with van der Waals surface area (Å²) in [5, 5.41) is 8.23. The molecule has 0 aliphatic heterocycles. The fourth-order valence-electron chi connectivity index (χ4n) is 0.773. The highest BCUT2D eigenvalue weighted by molar-refractivity contribution is 5.26. The van der Waals surface area contributed by atoms with Gasteiger partial charge in [0, 0.05) is 12.4 Å². The molecule has 0 bridgehead atoms. The number of rotatable bonds is 0. The molecule has 0 aliphatic rings. The maximum absolute atomic E-state index is 8.23. The molecule has 0 saturated carbocycles. The highest BCUT2D eigenvalue weighted by Crippen LogP contribution is 1.90. The monoisotopic (exact) mass is 186 g/mol. The molecule has 0 spiro atoms. The van der Waals surface area contributed by atoms with Crippen molar-refractivity contribution in [2.24, 2.45) is 0 Å². The Morgan fingerprint density at radius 3 is 2.43 bits per heavy atom. The third-order valence-corrected chi connectivity index (χ3v) is 1.40. The summed E-state index contributed by atoms with van der Waals surface area (Å²) in [4.78, 5) is 6.51. The van der Waals surface area contributed by atoms with E-state index >= 15 is 0 Å². The number of hydrogen-bond acceptors (Lipinski definition) is 3. The highest BCUT2D eigenvalue weighted by Gasteiger charge is 1.81. The van der Waals surface area contributed by atoms with Crippen molar-refractivity contribution in [3.8, 4) is 6.07 Å². The Kier molecular flexibility index (Phi) is 3.77. The quantitative estimate of drug-likeness (QED) is 0.655. The molecule has 70 valence electrons. The van der Waals surface area contributed by atoms with Crippen molar-refractivity contribution < 1.29 is 0 Å². The van der Waals surface area contributed by atoms with E-state index < -0.39 is 0 Å². The number of nitrogen functional groups attached to an aromatic ring is 1. The second-order valence-electron chi connectivity index (χ2n) is 2.45. The first-order valence-electron chi connectivity index (χ1n) is 4.03. The Balaban J connectivity index is 0.000000146. The molecule has 0 amide bonds. The number of aromatic nitrogens is 2. The van der Waals surface area contributed by atoms with E-state index in [1.807, 2.05) is 12.1 Å². The summed E-state index contributed by atoms with van der Waals surface area (Å²) in [5.74, 6) is 0.718. The van der Waals surface area contributed by atoms with Crippen LogP contribution in [0, 0.1) is 11.3 Å². The summed E-state index contributed by atoms with van der Waals surface area (Å²) < 4.78 is 0. The van der Waals surface area contributed by atoms with Crippen LogP contribution in [0.2, 0.25) is 0 Å². The number of nitrogens with two attached hydrogens (primary N) is 1. The lowest BCUT2D eigenvalue weighted by atomic mass is 10.4. The smallest absolute Gasteiger partial charge is 0.140 e. The summed E-state index contributed by atoms with van der Waals surface area (Å²) >= 11 is 0. The lowest BCUT2D eigenvalue weighted by Crippen LogP contribution is -1.79. The molecule has 2 heterocycles. The average Bonchev–Trinajstić information content (AvgIpc) is 2.71. The van der Waals surface area contributed by atoms with Gasteiger partial charge in [0.15, 0.2) is 0 Å². The largest absolute Gasteiger partial charge is 0.385 e. The van der Waals surface area contributed by atoms with Crippen LogP contribution in [0.15, 0.2) is 42.7 Å². The fourth-order valence-corrected chi connectivity index (χ4v) is 0.773. The topological polar surface area (TPSA) is 78.5 Å². The number of pyridine rings is 1. The van der Waals surface area contributed by atoms with E-state index in [2.05, 4.69) is 9.97 Å². The van der Waals surface area contributed by atoms with Gasteiger partial charge in [0.05, 0.1) is 0 Å². The number of hydrogen-bond donors (Lipinski definition) is 2. The second-order valence-corrected chi connectivity index (χ2v) is 2.45. The minimum atomic E-state index is 0.465. The van der Waals surface area contributed by atoms with Crippen LogP contribution in [0.3, 0.4) is 0 Å². The molecule has 14 heavy (non-hydrogen) atoms. The van der Waals surface area contributed by atoms with Crippen molar-refractivity contribution in [1.29, 1.82) is 5.26 Å². The van der Waals surface area contributed by atoms with E-state index in [4.69, 9.17) is 11.0 Å². The predicted octanol–water partition coefficient (Wildman–Crippen LogP) is 1.55. The number of nitrogens with zero attached hydrogens (tertiary/aromatic N) is 2. The summed E-state index contributed by atoms with van der Waals surface area (Å²) in [6, 6.07) is 10.8. The van der Waals surface area contributed by atoms with Crippen LogP contribution in [0.1, 0.15) is 5.69 Å². The summed E-state index contributed by atoms with van der Waals surface area (Å²) in [5.41, 5.74) is 5.69. The number of nitrogens with one attached hydrogen (secondary N) is 1. The minimum absolute atomic E-state index is 0.465. The van der Waals surface area contributed by atoms with Crippen molar-refractivity contribution in [3.63, 3.8) is 0 Å². The molecule has 0 atom stereocenters. The van der Waals surface area contributed by atoms with Crippen molar-refractivity contribution >= 4 is 5.82 Å². The highest BCUT2D eigenvalue weighted by atomic mass is 14.8. The number of anilines is 1. The Morgan fingerprint density at radius 1 is 1.29 bits per heavy atom. The van der Waals surface area contributed by atoms with E-state index in [1.54, 1.807) is 36.7 Å². The zero-order valence-corrected chi connectivity index (χ0v) is 7.51. The van der Waals surface area contributed by atoms with E-state index in [0.29, 0.717) is 5.69 Å². The molecular formula is C10H10N4. The lowest BCUT2D eigenvalue weighted by Gasteiger charge is -1.79. The van der Waals surface area contributed by atoms with E-state index in [-0.39, 0.29) is 0 Å². The van der Waals surface area contributed by atoms with Crippen LogP contribution < -0.4 is 5.73 Å². The summed E-state index contributed by atoms with van der Waals surface area (Å²) in [7, 11) is 0. The lowest BCUT2D eigenvalue weighted by molar-refractivity contribution is 1.26. The first-order valence-corrected chi connectivity index (χ1v) is 4.03. The summed E-state index contributed by atoms with van der Waals surface area (Å²) in [6.07, 6.45) is 3.38. The number of nitriles is 1. The van der Waals surface area contributed by atoms with Gasteiger partial charge >= 0.3 is 0 Å². The predicted molar refractivity (Wildman–Crippen MR) is 54.2 cm³/mol. The van der Waals surface area contributed by atoms with Crippen LogP contribution in [-0.4, -0.2) is 9.97 Å². The molecule has 2 aromatic heterocycles. The molecule has 0 unspecified atom stereocenters. The molecule has 3 N–H and O–H groups in total. The molecule has 2 rings (SSSR count). The normalized spacial score (nSPS) is 8.21. The molecule has 0 radical (unpaired) electrons. The first kappa shape index (κ1) is 9.81. The fraction of sp³-hybridized carbons (Fsp3) is 0.